The Balaban J connectivity index is 1.79. The molecule has 1 saturated carbocycles. The predicted molar refractivity (Wildman–Crippen MR) is 76.3 cm³/mol. The van der Waals surface area contributed by atoms with Crippen molar-refractivity contribution in [3.8, 4) is 5.75 Å². The van der Waals surface area contributed by atoms with Gasteiger partial charge in [0.2, 0.25) is 0 Å². The number of ketones is 1. The van der Waals surface area contributed by atoms with E-state index in [4.69, 9.17) is 10.5 Å². The summed E-state index contributed by atoms with van der Waals surface area (Å²) in [4.78, 5) is 12.1. The first-order chi connectivity index (χ1) is 9.19. The van der Waals surface area contributed by atoms with E-state index in [1.165, 1.54) is 5.56 Å². The van der Waals surface area contributed by atoms with Crippen LogP contribution in [0.1, 0.15) is 37.7 Å². The molecule has 0 atom stereocenters. The van der Waals surface area contributed by atoms with E-state index in [-0.39, 0.29) is 5.92 Å². The lowest BCUT2D eigenvalue weighted by molar-refractivity contribution is -0.123. The molecule has 0 aromatic heterocycles. The molecular formula is C16H23NO2. The van der Waals surface area contributed by atoms with Crippen LogP contribution in [0.15, 0.2) is 24.3 Å². The van der Waals surface area contributed by atoms with E-state index in [1.807, 2.05) is 24.3 Å². The highest BCUT2D eigenvalue weighted by Gasteiger charge is 2.23. The molecule has 104 valence electrons. The lowest BCUT2D eigenvalue weighted by Crippen LogP contribution is -2.29. The zero-order valence-corrected chi connectivity index (χ0v) is 11.6. The fourth-order valence-electron chi connectivity index (χ4n) is 2.71. The number of methoxy groups -OCH3 is 1. The highest BCUT2D eigenvalue weighted by atomic mass is 16.5. The second-order valence-corrected chi connectivity index (χ2v) is 5.43. The van der Waals surface area contributed by atoms with Crippen molar-refractivity contribution in [3.63, 3.8) is 0 Å². The Labute approximate surface area is 115 Å². The summed E-state index contributed by atoms with van der Waals surface area (Å²) in [6.45, 7) is 0. The molecule has 0 amide bonds. The second-order valence-electron chi connectivity index (χ2n) is 5.43. The third-order valence-electron chi connectivity index (χ3n) is 4.05. The molecule has 3 heteroatoms. The molecule has 0 aliphatic heterocycles. The van der Waals surface area contributed by atoms with Crippen LogP contribution in [0.4, 0.5) is 0 Å². The number of carbonyl (C=O) groups excluding carboxylic acids is 1. The zero-order valence-electron chi connectivity index (χ0n) is 11.6. The Morgan fingerprint density at radius 3 is 2.42 bits per heavy atom. The van der Waals surface area contributed by atoms with Gasteiger partial charge in [-0.25, -0.2) is 0 Å². The molecular weight excluding hydrogens is 238 g/mol. The molecule has 2 rings (SSSR count). The highest BCUT2D eigenvalue weighted by molar-refractivity contribution is 5.81. The average Bonchev–Trinajstić information content (AvgIpc) is 2.46. The van der Waals surface area contributed by atoms with Crippen molar-refractivity contribution < 1.29 is 9.53 Å². The van der Waals surface area contributed by atoms with Crippen LogP contribution in [0, 0.1) is 5.92 Å². The summed E-state index contributed by atoms with van der Waals surface area (Å²) in [5.41, 5.74) is 7.06. The molecule has 0 spiro atoms. The SMILES string of the molecule is COc1ccc(CCC(=O)C2CCC(N)CC2)cc1. The second kappa shape index (κ2) is 6.71. The number of rotatable bonds is 5. The minimum absolute atomic E-state index is 0.248. The van der Waals surface area contributed by atoms with Crippen LogP contribution in [-0.2, 0) is 11.2 Å². The number of carbonyl (C=O) groups is 1. The monoisotopic (exact) mass is 261 g/mol. The Kier molecular flexibility index (Phi) is 4.97. The van der Waals surface area contributed by atoms with E-state index in [9.17, 15) is 4.79 Å². The lowest BCUT2D eigenvalue weighted by atomic mass is 9.82. The van der Waals surface area contributed by atoms with Crippen LogP contribution < -0.4 is 10.5 Å². The maximum absolute atomic E-state index is 12.1. The number of nitrogens with two attached hydrogens (primary N) is 1. The van der Waals surface area contributed by atoms with Gasteiger partial charge in [-0.1, -0.05) is 12.1 Å². The smallest absolute Gasteiger partial charge is 0.136 e. The number of Topliss-reactive ketones (excluding diaryl/α,β-unsaturated/α-hetero) is 1. The molecule has 0 bridgehead atoms. The van der Waals surface area contributed by atoms with Crippen LogP contribution in [0.3, 0.4) is 0 Å². The molecule has 0 saturated heterocycles. The normalized spacial score (nSPS) is 23.1. The van der Waals surface area contributed by atoms with Crippen molar-refractivity contribution in [2.75, 3.05) is 7.11 Å². The lowest BCUT2D eigenvalue weighted by Gasteiger charge is -2.24. The molecule has 1 aromatic carbocycles. The quantitative estimate of drug-likeness (QED) is 0.886. The summed E-state index contributed by atoms with van der Waals surface area (Å²) in [5, 5.41) is 0. The number of hydrogen-bond acceptors (Lipinski definition) is 3. The maximum atomic E-state index is 12.1. The van der Waals surface area contributed by atoms with Gasteiger partial charge < -0.3 is 10.5 Å². The third kappa shape index (κ3) is 4.06. The first-order valence-corrected chi connectivity index (χ1v) is 7.10. The minimum Gasteiger partial charge on any atom is -0.497 e. The first kappa shape index (κ1) is 14.1. The molecule has 19 heavy (non-hydrogen) atoms. The summed E-state index contributed by atoms with van der Waals surface area (Å²) in [6.07, 6.45) is 5.42. The van der Waals surface area contributed by atoms with E-state index >= 15 is 0 Å². The largest absolute Gasteiger partial charge is 0.497 e. The molecule has 0 radical (unpaired) electrons. The van der Waals surface area contributed by atoms with Gasteiger partial charge in [0.05, 0.1) is 7.11 Å². The third-order valence-corrected chi connectivity index (χ3v) is 4.05. The van der Waals surface area contributed by atoms with Crippen molar-refractivity contribution >= 4 is 5.78 Å². The molecule has 2 N–H and O–H groups in total. The van der Waals surface area contributed by atoms with Crippen molar-refractivity contribution in [2.45, 2.75) is 44.6 Å². The van der Waals surface area contributed by atoms with Gasteiger partial charge in [0, 0.05) is 18.4 Å². The van der Waals surface area contributed by atoms with Crippen LogP contribution in [0.25, 0.3) is 0 Å². The standard InChI is InChI=1S/C16H23NO2/c1-19-15-9-2-12(3-10-15)4-11-16(18)13-5-7-14(17)8-6-13/h2-3,9-10,13-14H,4-8,11,17H2,1H3. The van der Waals surface area contributed by atoms with Crippen molar-refractivity contribution in [1.82, 2.24) is 0 Å². The van der Waals surface area contributed by atoms with Crippen molar-refractivity contribution in [1.29, 1.82) is 0 Å². The summed E-state index contributed by atoms with van der Waals surface area (Å²) >= 11 is 0. The molecule has 3 nitrogen and oxygen atoms in total. The van der Waals surface area contributed by atoms with Crippen molar-refractivity contribution in [2.24, 2.45) is 11.7 Å². The Morgan fingerprint density at radius 1 is 1.21 bits per heavy atom. The van der Waals surface area contributed by atoms with Gasteiger partial charge >= 0.3 is 0 Å². The molecule has 1 aliphatic rings. The zero-order chi connectivity index (χ0) is 13.7. The Hall–Kier alpha value is -1.35. The number of benzene rings is 1. The van der Waals surface area contributed by atoms with E-state index in [1.54, 1.807) is 7.11 Å². The fourth-order valence-corrected chi connectivity index (χ4v) is 2.71. The maximum Gasteiger partial charge on any atom is 0.136 e. The van der Waals surface area contributed by atoms with Gasteiger partial charge in [0.15, 0.2) is 0 Å². The summed E-state index contributed by atoms with van der Waals surface area (Å²) in [5.74, 6) is 1.51. The van der Waals surface area contributed by atoms with E-state index in [0.717, 1.165) is 37.9 Å². The van der Waals surface area contributed by atoms with E-state index in [2.05, 4.69) is 0 Å². The van der Waals surface area contributed by atoms with Gasteiger partial charge in [-0.15, -0.1) is 0 Å². The Morgan fingerprint density at radius 2 is 1.84 bits per heavy atom. The molecule has 1 aromatic rings. The van der Waals surface area contributed by atoms with Gasteiger partial charge in [-0.3, -0.25) is 4.79 Å². The van der Waals surface area contributed by atoms with E-state index < -0.39 is 0 Å². The highest BCUT2D eigenvalue weighted by Crippen LogP contribution is 2.25. The number of ether oxygens (including phenoxy) is 1. The van der Waals surface area contributed by atoms with Gasteiger partial charge in [-0.05, 0) is 49.8 Å². The van der Waals surface area contributed by atoms with Crippen molar-refractivity contribution in [3.05, 3.63) is 29.8 Å². The molecule has 0 unspecified atom stereocenters. The Bertz CT molecular complexity index is 405. The van der Waals surface area contributed by atoms with Gasteiger partial charge in [0.25, 0.3) is 0 Å². The van der Waals surface area contributed by atoms with Crippen LogP contribution in [-0.4, -0.2) is 18.9 Å². The van der Waals surface area contributed by atoms with E-state index in [0.29, 0.717) is 18.2 Å². The number of hydrogen-bond donors (Lipinski definition) is 1. The molecule has 0 heterocycles. The summed E-state index contributed by atoms with van der Waals surface area (Å²) in [7, 11) is 1.66. The molecule has 1 fully saturated rings. The average molecular weight is 261 g/mol. The van der Waals surface area contributed by atoms with Crippen LogP contribution in [0.5, 0.6) is 5.75 Å². The topological polar surface area (TPSA) is 52.3 Å². The number of aryl methyl sites for hydroxylation is 1. The van der Waals surface area contributed by atoms with Crippen LogP contribution >= 0.6 is 0 Å². The first-order valence-electron chi connectivity index (χ1n) is 7.10. The summed E-state index contributed by atoms with van der Waals surface area (Å²) in [6, 6.07) is 8.26. The predicted octanol–water partition coefficient (Wildman–Crippen LogP) is 2.71. The molecule has 1 aliphatic carbocycles. The van der Waals surface area contributed by atoms with Crippen LogP contribution in [0.2, 0.25) is 0 Å². The minimum atomic E-state index is 0.248. The summed E-state index contributed by atoms with van der Waals surface area (Å²) < 4.78 is 5.12. The van der Waals surface area contributed by atoms with Gasteiger partial charge in [0.1, 0.15) is 11.5 Å². The van der Waals surface area contributed by atoms with Gasteiger partial charge in [-0.2, -0.15) is 0 Å². The fraction of sp³-hybridized carbons (Fsp3) is 0.562.